The Morgan fingerprint density at radius 3 is 2.74 bits per heavy atom. The fourth-order valence-corrected chi connectivity index (χ4v) is 3.78. The monoisotopic (exact) mass is 501 g/mol. The highest BCUT2D eigenvalue weighted by atomic mass is 127. The summed E-state index contributed by atoms with van der Waals surface area (Å²) in [6, 6.07) is 3.99. The van der Waals surface area contributed by atoms with Gasteiger partial charge in [0, 0.05) is 36.4 Å². The molecule has 2 heterocycles. The molecule has 2 N–H and O–H groups in total. The number of thiazole rings is 1. The van der Waals surface area contributed by atoms with Crippen LogP contribution in [0.4, 0.5) is 0 Å². The third-order valence-corrected chi connectivity index (χ3v) is 5.60. The van der Waals surface area contributed by atoms with Crippen molar-refractivity contribution in [3.8, 4) is 5.88 Å². The normalized spacial score (nSPS) is 14.7. The van der Waals surface area contributed by atoms with Gasteiger partial charge in [0.05, 0.1) is 6.54 Å². The van der Waals surface area contributed by atoms with Gasteiger partial charge in [-0.1, -0.05) is 13.0 Å². The van der Waals surface area contributed by atoms with Crippen molar-refractivity contribution in [3.63, 3.8) is 0 Å². The lowest BCUT2D eigenvalue weighted by atomic mass is 10.2. The summed E-state index contributed by atoms with van der Waals surface area (Å²) in [6.45, 7) is 3.43. The fraction of sp³-hybridized carbons (Fsp3) is 0.526. The molecule has 1 aliphatic rings. The van der Waals surface area contributed by atoms with Gasteiger partial charge in [-0.2, -0.15) is 0 Å². The lowest BCUT2D eigenvalue weighted by molar-refractivity contribution is 0.199. The summed E-state index contributed by atoms with van der Waals surface area (Å²) in [4.78, 5) is 14.4. The lowest BCUT2D eigenvalue weighted by Crippen LogP contribution is -2.36. The molecule has 6 nitrogen and oxygen atoms in total. The Kier molecular flexibility index (Phi) is 9.26. The molecule has 0 spiro atoms. The maximum absolute atomic E-state index is 6.10. The van der Waals surface area contributed by atoms with E-state index in [1.54, 1.807) is 24.6 Å². The Balaban J connectivity index is 0.00000261. The smallest absolute Gasteiger partial charge is 0.218 e. The van der Waals surface area contributed by atoms with Gasteiger partial charge in [0.1, 0.15) is 11.1 Å². The molecule has 0 unspecified atom stereocenters. The van der Waals surface area contributed by atoms with Crippen LogP contribution in [0.15, 0.2) is 29.5 Å². The standard InChI is InChI=1S/C19H27N5OS.HI/c1-3-16-12-22-17(26-16)13-24-19(20-2)23-11-14-7-6-10-21-18(14)25-15-8-4-5-9-15;/h6-7,10,12,15H,3-5,8-9,11,13H2,1-2H3,(H2,20,23,24);1H. The van der Waals surface area contributed by atoms with Crippen LogP contribution in [0.1, 0.15) is 48.1 Å². The second-order valence-electron chi connectivity index (χ2n) is 6.35. The summed E-state index contributed by atoms with van der Waals surface area (Å²) >= 11 is 1.73. The number of guanidine groups is 1. The molecule has 2 aromatic rings. The molecule has 0 aromatic carbocycles. The van der Waals surface area contributed by atoms with Gasteiger partial charge in [-0.25, -0.2) is 9.97 Å². The highest BCUT2D eigenvalue weighted by molar-refractivity contribution is 14.0. The van der Waals surface area contributed by atoms with Crippen molar-refractivity contribution in [2.24, 2.45) is 4.99 Å². The number of hydrogen-bond donors (Lipinski definition) is 2. The van der Waals surface area contributed by atoms with Crippen LogP contribution in [0.2, 0.25) is 0 Å². The summed E-state index contributed by atoms with van der Waals surface area (Å²) in [5.74, 6) is 1.48. The fourth-order valence-electron chi connectivity index (χ4n) is 2.98. The van der Waals surface area contributed by atoms with Crippen molar-refractivity contribution in [1.29, 1.82) is 0 Å². The van der Waals surface area contributed by atoms with E-state index in [0.29, 0.717) is 19.2 Å². The van der Waals surface area contributed by atoms with Crippen LogP contribution in [0, 0.1) is 0 Å². The van der Waals surface area contributed by atoms with Crippen LogP contribution >= 0.6 is 35.3 Å². The maximum Gasteiger partial charge on any atom is 0.218 e. The quantitative estimate of drug-likeness (QED) is 0.342. The van der Waals surface area contributed by atoms with Gasteiger partial charge < -0.3 is 15.4 Å². The molecule has 0 aliphatic heterocycles. The van der Waals surface area contributed by atoms with Crippen molar-refractivity contribution in [3.05, 3.63) is 40.0 Å². The molecular weight excluding hydrogens is 473 g/mol. The van der Waals surface area contributed by atoms with Gasteiger partial charge in [-0.15, -0.1) is 35.3 Å². The molecule has 0 bridgehead atoms. The minimum absolute atomic E-state index is 0. The molecule has 1 saturated carbocycles. The van der Waals surface area contributed by atoms with Gasteiger partial charge in [-0.05, 0) is 38.2 Å². The topological polar surface area (TPSA) is 71.4 Å². The van der Waals surface area contributed by atoms with E-state index in [2.05, 4.69) is 32.5 Å². The maximum atomic E-state index is 6.10. The predicted molar refractivity (Wildman–Crippen MR) is 121 cm³/mol. The summed E-state index contributed by atoms with van der Waals surface area (Å²) in [5, 5.41) is 7.72. The minimum atomic E-state index is 0. The van der Waals surface area contributed by atoms with E-state index in [9.17, 15) is 0 Å². The van der Waals surface area contributed by atoms with Crippen LogP contribution < -0.4 is 15.4 Å². The molecule has 27 heavy (non-hydrogen) atoms. The Hall–Kier alpha value is -1.42. The molecule has 8 heteroatoms. The van der Waals surface area contributed by atoms with Crippen LogP contribution in [0.25, 0.3) is 0 Å². The molecule has 0 amide bonds. The summed E-state index contributed by atoms with van der Waals surface area (Å²) < 4.78 is 6.10. The first kappa shape index (κ1) is 21.9. The van der Waals surface area contributed by atoms with Crippen LogP contribution in [-0.4, -0.2) is 29.1 Å². The number of hydrogen-bond acceptors (Lipinski definition) is 5. The third-order valence-electron chi connectivity index (χ3n) is 4.46. The highest BCUT2D eigenvalue weighted by Crippen LogP contribution is 2.24. The largest absolute Gasteiger partial charge is 0.474 e. The number of aliphatic imine (C=N–C) groups is 1. The number of nitrogens with zero attached hydrogens (tertiary/aromatic N) is 3. The Labute approximate surface area is 182 Å². The highest BCUT2D eigenvalue weighted by Gasteiger charge is 2.18. The Morgan fingerprint density at radius 1 is 1.26 bits per heavy atom. The minimum Gasteiger partial charge on any atom is -0.474 e. The average Bonchev–Trinajstić information content (AvgIpc) is 3.34. The van der Waals surface area contributed by atoms with E-state index in [1.807, 2.05) is 18.3 Å². The molecule has 0 radical (unpaired) electrons. The number of halogens is 1. The summed E-state index contributed by atoms with van der Waals surface area (Å²) in [6.07, 6.45) is 9.81. The van der Waals surface area contributed by atoms with Gasteiger partial charge in [0.2, 0.25) is 5.88 Å². The number of ether oxygens (including phenoxy) is 1. The van der Waals surface area contributed by atoms with Crippen LogP contribution in [0.5, 0.6) is 5.88 Å². The third kappa shape index (κ3) is 6.60. The molecule has 0 atom stereocenters. The molecule has 0 saturated heterocycles. The summed E-state index contributed by atoms with van der Waals surface area (Å²) in [7, 11) is 1.77. The van der Waals surface area contributed by atoms with Gasteiger partial charge in [0.25, 0.3) is 0 Å². The second-order valence-corrected chi connectivity index (χ2v) is 7.54. The first-order valence-electron chi connectivity index (χ1n) is 9.27. The van der Waals surface area contributed by atoms with E-state index < -0.39 is 0 Å². The zero-order chi connectivity index (χ0) is 18.2. The number of pyridine rings is 1. The molecule has 1 fully saturated rings. The van der Waals surface area contributed by atoms with Crippen molar-refractivity contribution >= 4 is 41.3 Å². The predicted octanol–water partition coefficient (Wildman–Crippen LogP) is 3.91. The molecule has 148 valence electrons. The number of rotatable bonds is 7. The van der Waals surface area contributed by atoms with E-state index in [0.717, 1.165) is 41.7 Å². The number of aromatic nitrogens is 2. The van der Waals surface area contributed by atoms with Gasteiger partial charge in [0.15, 0.2) is 5.96 Å². The molecular formula is C19H28IN5OS. The van der Waals surface area contributed by atoms with E-state index >= 15 is 0 Å². The number of aryl methyl sites for hydroxylation is 1. The van der Waals surface area contributed by atoms with Crippen LogP contribution in [-0.2, 0) is 19.5 Å². The first-order valence-corrected chi connectivity index (χ1v) is 10.1. The average molecular weight is 501 g/mol. The molecule has 2 aromatic heterocycles. The Morgan fingerprint density at radius 2 is 2.04 bits per heavy atom. The van der Waals surface area contributed by atoms with Crippen molar-refractivity contribution in [1.82, 2.24) is 20.6 Å². The second kappa shape index (κ2) is 11.4. The molecule has 3 rings (SSSR count). The van der Waals surface area contributed by atoms with E-state index in [-0.39, 0.29) is 24.0 Å². The Bertz CT molecular complexity index is 730. The zero-order valence-corrected chi connectivity index (χ0v) is 19.0. The summed E-state index contributed by atoms with van der Waals surface area (Å²) in [5.41, 5.74) is 1.05. The zero-order valence-electron chi connectivity index (χ0n) is 15.9. The van der Waals surface area contributed by atoms with Crippen LogP contribution in [0.3, 0.4) is 0 Å². The van der Waals surface area contributed by atoms with Crippen molar-refractivity contribution in [2.45, 2.75) is 58.2 Å². The van der Waals surface area contributed by atoms with E-state index in [4.69, 9.17) is 4.74 Å². The number of nitrogens with one attached hydrogen (secondary N) is 2. The molecule has 1 aliphatic carbocycles. The van der Waals surface area contributed by atoms with Gasteiger partial charge >= 0.3 is 0 Å². The van der Waals surface area contributed by atoms with Crippen molar-refractivity contribution < 1.29 is 4.74 Å². The van der Waals surface area contributed by atoms with Gasteiger partial charge in [-0.3, -0.25) is 4.99 Å². The van der Waals surface area contributed by atoms with Crippen molar-refractivity contribution in [2.75, 3.05) is 7.05 Å². The van der Waals surface area contributed by atoms with E-state index in [1.165, 1.54) is 17.7 Å². The first-order chi connectivity index (χ1) is 12.8. The lowest BCUT2D eigenvalue weighted by Gasteiger charge is -2.16. The SMILES string of the molecule is CCc1cnc(CNC(=NC)NCc2cccnc2OC2CCCC2)s1.I.